The lowest BCUT2D eigenvalue weighted by atomic mass is 9.67. The van der Waals surface area contributed by atoms with Gasteiger partial charge in [-0.1, -0.05) is 24.9 Å². The summed E-state index contributed by atoms with van der Waals surface area (Å²) < 4.78 is 0. The second-order valence-corrected chi connectivity index (χ2v) is 2.92. The molecule has 11 heavy (non-hydrogen) atoms. The average molecular weight is 151 g/mol. The van der Waals surface area contributed by atoms with Crippen LogP contribution in [0.4, 0.5) is 0 Å². The van der Waals surface area contributed by atoms with E-state index in [2.05, 4.69) is 0 Å². The van der Waals surface area contributed by atoms with Crippen molar-refractivity contribution in [2.24, 2.45) is 0 Å². The molecule has 0 unspecified atom stereocenters. The lowest BCUT2D eigenvalue weighted by Crippen LogP contribution is -2.09. The maximum absolute atomic E-state index is 8.95. The second kappa shape index (κ2) is 2.84. The zero-order valence-electron chi connectivity index (χ0n) is 7.05. The first-order chi connectivity index (χ1) is 5.04. The molecule has 0 aromatic carbocycles. The van der Waals surface area contributed by atoms with Gasteiger partial charge in [-0.25, -0.2) is 0 Å². The summed E-state index contributed by atoms with van der Waals surface area (Å²) in [6.45, 7) is 5.75. The normalized spacial score (nSPS) is 18.4. The van der Waals surface area contributed by atoms with Gasteiger partial charge in [0, 0.05) is 0 Å². The van der Waals surface area contributed by atoms with Crippen LogP contribution in [0.5, 0.6) is 0 Å². The van der Waals surface area contributed by atoms with Crippen LogP contribution in [-0.2, 0) is 0 Å². The van der Waals surface area contributed by atoms with Crippen LogP contribution in [0.25, 0.3) is 0 Å². The summed E-state index contributed by atoms with van der Waals surface area (Å²) in [5, 5.41) is 17.9. The van der Waals surface area contributed by atoms with Gasteiger partial charge in [-0.3, -0.25) is 0 Å². The average Bonchev–Trinajstić information content (AvgIpc) is 2.07. The Labute approximate surface area is 67.5 Å². The number of aliphatic hydroxyl groups excluding tert-OH is 1. The zero-order chi connectivity index (χ0) is 8.59. The van der Waals surface area contributed by atoms with E-state index in [0.717, 1.165) is 16.5 Å². The van der Waals surface area contributed by atoms with Crippen LogP contribution in [0.1, 0.15) is 20.8 Å². The minimum atomic E-state index is -1.33. The molecule has 1 rings (SSSR count). The molecule has 0 aromatic heterocycles. The predicted molar refractivity (Wildman–Crippen MR) is 45.1 cm³/mol. The van der Waals surface area contributed by atoms with Gasteiger partial charge in [-0.15, -0.1) is 5.47 Å². The third-order valence-corrected chi connectivity index (χ3v) is 2.11. The van der Waals surface area contributed by atoms with Crippen molar-refractivity contribution in [3.8, 4) is 0 Å². The molecule has 1 aliphatic heterocycles. The van der Waals surface area contributed by atoms with Gasteiger partial charge in [0.05, 0.1) is 0 Å². The Balaban J connectivity index is 3.00. The molecule has 1 radical (unpaired) electrons. The Bertz CT molecular complexity index is 238. The Morgan fingerprint density at radius 2 is 1.64 bits per heavy atom. The van der Waals surface area contributed by atoms with E-state index >= 15 is 0 Å². The van der Waals surface area contributed by atoms with Gasteiger partial charge >= 0.3 is 0 Å². The van der Waals surface area contributed by atoms with Crippen LogP contribution in [0.2, 0.25) is 0 Å². The quantitative estimate of drug-likeness (QED) is 0.425. The zero-order valence-corrected chi connectivity index (χ0v) is 7.05. The van der Waals surface area contributed by atoms with Gasteiger partial charge < -0.3 is 10.2 Å². The lowest BCUT2D eigenvalue weighted by molar-refractivity contribution is -0.00610. The summed E-state index contributed by atoms with van der Waals surface area (Å²) in [5.74, 6) is 0. The monoisotopic (exact) mass is 151 g/mol. The molecular weight excluding hydrogens is 139 g/mol. The van der Waals surface area contributed by atoms with Crippen molar-refractivity contribution in [3.63, 3.8) is 0 Å². The van der Waals surface area contributed by atoms with Gasteiger partial charge in [0.15, 0.2) is 13.6 Å². The topological polar surface area (TPSA) is 40.5 Å². The minimum absolute atomic E-state index is 0.655. The molecule has 3 heteroatoms. The third-order valence-electron chi connectivity index (χ3n) is 2.11. The van der Waals surface area contributed by atoms with Crippen molar-refractivity contribution < 1.29 is 10.2 Å². The third kappa shape index (κ3) is 1.39. The van der Waals surface area contributed by atoms with E-state index in [0.29, 0.717) is 5.57 Å². The largest absolute Gasteiger partial charge is 0.364 e. The fraction of sp³-hybridized carbons (Fsp3) is 0.500. The van der Waals surface area contributed by atoms with E-state index in [4.69, 9.17) is 10.2 Å². The van der Waals surface area contributed by atoms with Gasteiger partial charge in [-0.05, 0) is 12.5 Å². The molecule has 0 atom stereocenters. The van der Waals surface area contributed by atoms with E-state index in [9.17, 15) is 0 Å². The fourth-order valence-corrected chi connectivity index (χ4v) is 1.42. The Morgan fingerprint density at radius 3 is 1.82 bits per heavy atom. The molecule has 0 aliphatic carbocycles. The summed E-state index contributed by atoms with van der Waals surface area (Å²) in [7, 11) is 1.96. The first-order valence-corrected chi connectivity index (χ1v) is 3.63. The molecule has 0 aromatic rings. The number of allylic oxidation sites excluding steroid dienone is 2. The van der Waals surface area contributed by atoms with Crippen LogP contribution in [0, 0.1) is 0 Å². The summed E-state index contributed by atoms with van der Waals surface area (Å²) in [4.78, 5) is 0. The van der Waals surface area contributed by atoms with Crippen LogP contribution in [0.3, 0.4) is 0 Å². The molecule has 0 spiro atoms. The van der Waals surface area contributed by atoms with Gasteiger partial charge in [0.1, 0.15) is 0 Å². The standard InChI is InChI=1S/C8H12BO2/c1-4-5(2)9-6(3)7(4)8(10)11/h8,10-11H,1-3H3. The second-order valence-electron chi connectivity index (χ2n) is 2.92. The van der Waals surface area contributed by atoms with Crippen molar-refractivity contribution >= 4 is 7.28 Å². The number of aliphatic hydroxyl groups is 2. The van der Waals surface area contributed by atoms with Crippen LogP contribution < -0.4 is 0 Å². The summed E-state index contributed by atoms with van der Waals surface area (Å²) >= 11 is 0. The van der Waals surface area contributed by atoms with Crippen LogP contribution in [0.15, 0.2) is 22.1 Å². The fourth-order valence-electron chi connectivity index (χ4n) is 1.42. The molecule has 0 saturated heterocycles. The molecule has 0 saturated carbocycles. The van der Waals surface area contributed by atoms with Crippen molar-refractivity contribution in [2.45, 2.75) is 27.1 Å². The van der Waals surface area contributed by atoms with E-state index in [1.165, 1.54) is 0 Å². The summed E-state index contributed by atoms with van der Waals surface area (Å²) in [6.07, 6.45) is -1.33. The summed E-state index contributed by atoms with van der Waals surface area (Å²) in [5.41, 5.74) is 3.71. The molecule has 2 N–H and O–H groups in total. The van der Waals surface area contributed by atoms with E-state index in [1.807, 2.05) is 28.1 Å². The Hall–Kier alpha value is -0.535. The molecule has 59 valence electrons. The first-order valence-electron chi connectivity index (χ1n) is 3.63. The highest BCUT2D eigenvalue weighted by Crippen LogP contribution is 2.27. The highest BCUT2D eigenvalue weighted by Gasteiger charge is 2.20. The van der Waals surface area contributed by atoms with Crippen molar-refractivity contribution in [2.75, 3.05) is 0 Å². The lowest BCUT2D eigenvalue weighted by Gasteiger charge is -2.08. The highest BCUT2D eigenvalue weighted by molar-refractivity contribution is 6.55. The van der Waals surface area contributed by atoms with Crippen molar-refractivity contribution in [1.82, 2.24) is 0 Å². The first kappa shape index (κ1) is 8.56. The minimum Gasteiger partial charge on any atom is -0.364 e. The van der Waals surface area contributed by atoms with E-state index in [-0.39, 0.29) is 0 Å². The maximum atomic E-state index is 8.95. The summed E-state index contributed by atoms with van der Waals surface area (Å²) in [6, 6.07) is 0. The number of hydrogen-bond donors (Lipinski definition) is 2. The van der Waals surface area contributed by atoms with Gasteiger partial charge in [0.25, 0.3) is 0 Å². The molecule has 0 fully saturated rings. The molecule has 1 aliphatic rings. The highest BCUT2D eigenvalue weighted by atomic mass is 16.5. The van der Waals surface area contributed by atoms with Gasteiger partial charge in [-0.2, -0.15) is 0 Å². The van der Waals surface area contributed by atoms with Crippen LogP contribution >= 0.6 is 0 Å². The molecule has 2 nitrogen and oxygen atoms in total. The van der Waals surface area contributed by atoms with E-state index in [1.54, 1.807) is 0 Å². The maximum Gasteiger partial charge on any atom is 0.180 e. The Kier molecular flexibility index (Phi) is 2.21. The predicted octanol–water partition coefficient (Wildman–Crippen LogP) is 0.583. The van der Waals surface area contributed by atoms with Crippen molar-refractivity contribution in [3.05, 3.63) is 22.1 Å². The molecule has 0 amide bonds. The smallest absolute Gasteiger partial charge is 0.180 e. The van der Waals surface area contributed by atoms with Gasteiger partial charge in [0.2, 0.25) is 0 Å². The molecule has 1 heterocycles. The van der Waals surface area contributed by atoms with Crippen LogP contribution in [-0.4, -0.2) is 23.8 Å². The number of rotatable bonds is 1. The van der Waals surface area contributed by atoms with E-state index < -0.39 is 6.29 Å². The molecular formula is C8H12BO2. The van der Waals surface area contributed by atoms with Crippen molar-refractivity contribution in [1.29, 1.82) is 0 Å². The number of hydrogen-bond acceptors (Lipinski definition) is 2. The Morgan fingerprint density at radius 1 is 1.09 bits per heavy atom. The SMILES string of the molecule is CC1=C(C)C(C(O)O)=C(C)[B]1. The molecule has 0 bridgehead atoms.